The predicted octanol–water partition coefficient (Wildman–Crippen LogP) is 3.33. The highest BCUT2D eigenvalue weighted by atomic mass is 32.1. The SMILES string of the molecule is COC(=O)c1c(NC(=O)COC(=O)c2ccc3nc[nH]c3c2)sc2c1CCC(C)C2. The van der Waals surface area contributed by atoms with Crippen LogP contribution in [0.15, 0.2) is 24.5 Å². The molecule has 1 aliphatic rings. The van der Waals surface area contributed by atoms with Crippen molar-refractivity contribution in [2.75, 3.05) is 19.0 Å². The zero-order chi connectivity index (χ0) is 21.3. The van der Waals surface area contributed by atoms with Gasteiger partial charge in [0.2, 0.25) is 0 Å². The third kappa shape index (κ3) is 3.93. The number of ether oxygens (including phenoxy) is 2. The van der Waals surface area contributed by atoms with Crippen LogP contribution in [0.1, 0.15) is 44.5 Å². The van der Waals surface area contributed by atoms with Gasteiger partial charge in [0, 0.05) is 4.88 Å². The van der Waals surface area contributed by atoms with Crippen molar-refractivity contribution in [3.8, 4) is 0 Å². The number of H-pyrrole nitrogens is 1. The minimum atomic E-state index is -0.617. The number of methoxy groups -OCH3 is 1. The Bertz CT molecular complexity index is 1130. The molecule has 156 valence electrons. The lowest BCUT2D eigenvalue weighted by molar-refractivity contribution is -0.119. The van der Waals surface area contributed by atoms with Crippen molar-refractivity contribution < 1.29 is 23.9 Å². The number of aromatic amines is 1. The molecule has 1 aliphatic carbocycles. The number of carbonyl (C=O) groups is 3. The number of esters is 2. The second-order valence-corrected chi connectivity index (χ2v) is 8.41. The molecule has 1 unspecified atom stereocenters. The molecule has 2 aromatic heterocycles. The number of nitrogens with one attached hydrogen (secondary N) is 2. The minimum absolute atomic E-state index is 0.315. The normalized spacial score (nSPS) is 15.5. The summed E-state index contributed by atoms with van der Waals surface area (Å²) in [5.74, 6) is -1.07. The topological polar surface area (TPSA) is 110 Å². The van der Waals surface area contributed by atoms with Gasteiger partial charge in [0.1, 0.15) is 5.00 Å². The van der Waals surface area contributed by atoms with Gasteiger partial charge in [-0.25, -0.2) is 14.6 Å². The maximum atomic E-state index is 12.4. The Balaban J connectivity index is 1.44. The van der Waals surface area contributed by atoms with Crippen LogP contribution in [-0.2, 0) is 27.1 Å². The van der Waals surface area contributed by atoms with E-state index in [1.54, 1.807) is 18.2 Å². The lowest BCUT2D eigenvalue weighted by Crippen LogP contribution is -2.22. The fraction of sp³-hybridized carbons (Fsp3) is 0.333. The van der Waals surface area contributed by atoms with Gasteiger partial charge in [0.15, 0.2) is 6.61 Å². The maximum absolute atomic E-state index is 12.4. The first-order chi connectivity index (χ1) is 14.5. The van der Waals surface area contributed by atoms with Crippen LogP contribution >= 0.6 is 11.3 Å². The lowest BCUT2D eigenvalue weighted by atomic mass is 9.88. The van der Waals surface area contributed by atoms with E-state index in [-0.39, 0.29) is 0 Å². The van der Waals surface area contributed by atoms with Gasteiger partial charge in [-0.1, -0.05) is 6.92 Å². The summed E-state index contributed by atoms with van der Waals surface area (Å²) in [4.78, 5) is 45.1. The van der Waals surface area contributed by atoms with Crippen LogP contribution in [0.3, 0.4) is 0 Å². The Labute approximate surface area is 176 Å². The number of fused-ring (bicyclic) bond motifs is 2. The first kappa shape index (κ1) is 20.1. The molecule has 2 N–H and O–H groups in total. The molecule has 1 amide bonds. The lowest BCUT2D eigenvalue weighted by Gasteiger charge is -2.18. The zero-order valence-corrected chi connectivity index (χ0v) is 17.4. The molecule has 0 saturated heterocycles. The third-order valence-electron chi connectivity index (χ3n) is 5.14. The number of hydrogen-bond donors (Lipinski definition) is 2. The molecule has 0 bridgehead atoms. The van der Waals surface area contributed by atoms with E-state index in [2.05, 4.69) is 22.2 Å². The summed E-state index contributed by atoms with van der Waals surface area (Å²) >= 11 is 1.39. The summed E-state index contributed by atoms with van der Waals surface area (Å²) in [6, 6.07) is 4.90. The summed E-state index contributed by atoms with van der Waals surface area (Å²) < 4.78 is 10.1. The molecule has 9 heteroatoms. The summed E-state index contributed by atoms with van der Waals surface area (Å²) in [7, 11) is 1.32. The van der Waals surface area contributed by atoms with Gasteiger partial charge < -0.3 is 19.8 Å². The van der Waals surface area contributed by atoms with Gasteiger partial charge in [-0.2, -0.15) is 0 Å². The number of amides is 1. The van der Waals surface area contributed by atoms with Crippen molar-refractivity contribution >= 4 is 45.2 Å². The molecule has 1 atom stereocenters. The van der Waals surface area contributed by atoms with E-state index < -0.39 is 24.5 Å². The minimum Gasteiger partial charge on any atom is -0.465 e. The first-order valence-electron chi connectivity index (χ1n) is 9.59. The quantitative estimate of drug-likeness (QED) is 0.605. The van der Waals surface area contributed by atoms with Crippen molar-refractivity contribution in [1.82, 2.24) is 9.97 Å². The number of nitrogens with zero attached hydrogens (tertiary/aromatic N) is 1. The number of aromatic nitrogens is 2. The standard InChI is InChI=1S/C21H21N3O5S/c1-11-3-5-13-16(7-11)30-19(18(13)21(27)28-2)24-17(25)9-29-20(26)12-4-6-14-15(8-12)23-10-22-14/h4,6,8,10-11H,3,5,7,9H2,1-2H3,(H,22,23)(H,24,25). The van der Waals surface area contributed by atoms with Crippen molar-refractivity contribution in [2.24, 2.45) is 5.92 Å². The highest BCUT2D eigenvalue weighted by Gasteiger charge is 2.29. The monoisotopic (exact) mass is 427 g/mol. The Morgan fingerprint density at radius 3 is 2.93 bits per heavy atom. The molecule has 0 fully saturated rings. The van der Waals surface area contributed by atoms with Crippen LogP contribution in [0.25, 0.3) is 11.0 Å². The molecule has 2 heterocycles. The zero-order valence-electron chi connectivity index (χ0n) is 16.6. The maximum Gasteiger partial charge on any atom is 0.341 e. The van der Waals surface area contributed by atoms with Crippen LogP contribution in [0.2, 0.25) is 0 Å². The fourth-order valence-corrected chi connectivity index (χ4v) is 5.01. The van der Waals surface area contributed by atoms with E-state index in [9.17, 15) is 14.4 Å². The molecule has 8 nitrogen and oxygen atoms in total. The molecule has 0 radical (unpaired) electrons. The number of benzene rings is 1. The summed E-state index contributed by atoms with van der Waals surface area (Å²) in [5, 5.41) is 3.16. The fourth-order valence-electron chi connectivity index (χ4n) is 3.60. The molecule has 30 heavy (non-hydrogen) atoms. The van der Waals surface area contributed by atoms with Crippen molar-refractivity contribution in [1.29, 1.82) is 0 Å². The van der Waals surface area contributed by atoms with E-state index in [1.807, 2.05) is 0 Å². The average molecular weight is 427 g/mol. The van der Waals surface area contributed by atoms with E-state index in [4.69, 9.17) is 9.47 Å². The molecule has 4 rings (SSSR count). The van der Waals surface area contributed by atoms with Crippen LogP contribution < -0.4 is 5.32 Å². The Kier molecular flexibility index (Phi) is 5.54. The largest absolute Gasteiger partial charge is 0.465 e. The molecular formula is C21H21N3O5S. The van der Waals surface area contributed by atoms with Gasteiger partial charge in [-0.15, -0.1) is 11.3 Å². The van der Waals surface area contributed by atoms with Crippen molar-refractivity contribution in [3.63, 3.8) is 0 Å². The molecule has 3 aromatic rings. The number of thiophene rings is 1. The number of imidazole rings is 1. The van der Waals surface area contributed by atoms with Crippen LogP contribution in [0.5, 0.6) is 0 Å². The smallest absolute Gasteiger partial charge is 0.341 e. The van der Waals surface area contributed by atoms with E-state index in [0.717, 1.165) is 35.2 Å². The first-order valence-corrected chi connectivity index (χ1v) is 10.4. The van der Waals surface area contributed by atoms with Gasteiger partial charge in [-0.3, -0.25) is 4.79 Å². The molecular weight excluding hydrogens is 406 g/mol. The van der Waals surface area contributed by atoms with Crippen LogP contribution in [0.4, 0.5) is 5.00 Å². The highest BCUT2D eigenvalue weighted by Crippen LogP contribution is 2.40. The van der Waals surface area contributed by atoms with Gasteiger partial charge in [-0.05, 0) is 48.9 Å². The average Bonchev–Trinajstić information content (AvgIpc) is 3.34. The number of hydrogen-bond acceptors (Lipinski definition) is 7. The second-order valence-electron chi connectivity index (χ2n) is 7.31. The molecule has 0 aliphatic heterocycles. The molecule has 0 spiro atoms. The summed E-state index contributed by atoms with van der Waals surface area (Å²) in [6.07, 6.45) is 4.16. The van der Waals surface area contributed by atoms with Crippen LogP contribution in [0, 0.1) is 5.92 Å². The summed E-state index contributed by atoms with van der Waals surface area (Å²) in [6.45, 7) is 1.71. The molecule has 1 aromatic carbocycles. The number of rotatable bonds is 5. The van der Waals surface area contributed by atoms with Gasteiger partial charge >= 0.3 is 11.9 Å². The second kappa shape index (κ2) is 8.27. The van der Waals surface area contributed by atoms with Crippen molar-refractivity contribution in [3.05, 3.63) is 46.1 Å². The van der Waals surface area contributed by atoms with E-state index >= 15 is 0 Å². The summed E-state index contributed by atoms with van der Waals surface area (Å²) in [5.41, 5.74) is 3.11. The Morgan fingerprint density at radius 1 is 1.30 bits per heavy atom. The number of anilines is 1. The third-order valence-corrected chi connectivity index (χ3v) is 6.31. The van der Waals surface area contributed by atoms with Gasteiger partial charge in [0.25, 0.3) is 5.91 Å². The van der Waals surface area contributed by atoms with E-state index in [0.29, 0.717) is 27.6 Å². The van der Waals surface area contributed by atoms with Crippen molar-refractivity contribution in [2.45, 2.75) is 26.2 Å². The Morgan fingerprint density at radius 2 is 2.13 bits per heavy atom. The predicted molar refractivity (Wildman–Crippen MR) is 112 cm³/mol. The highest BCUT2D eigenvalue weighted by molar-refractivity contribution is 7.17. The van der Waals surface area contributed by atoms with Crippen LogP contribution in [-0.4, -0.2) is 41.5 Å². The molecule has 0 saturated carbocycles. The Hall–Kier alpha value is -3.20. The number of carbonyl (C=O) groups excluding carboxylic acids is 3. The van der Waals surface area contributed by atoms with E-state index in [1.165, 1.54) is 24.8 Å². The van der Waals surface area contributed by atoms with Gasteiger partial charge in [0.05, 0.1) is 35.6 Å².